The summed E-state index contributed by atoms with van der Waals surface area (Å²) >= 11 is 19.4. The SMILES string of the molecule is CCOc1cc(/C=C2\SC(=O)N(Cc3cccc(Cl)c3)C2=O)cc(Cl)c1OCc1ccc(Cl)cc1. The third kappa shape index (κ3) is 6.33. The zero-order valence-corrected chi connectivity index (χ0v) is 21.7. The van der Waals surface area contributed by atoms with Gasteiger partial charge >= 0.3 is 0 Å². The molecule has 180 valence electrons. The lowest BCUT2D eigenvalue weighted by molar-refractivity contribution is -0.123. The minimum absolute atomic E-state index is 0.144. The number of thioether (sulfide) groups is 1. The summed E-state index contributed by atoms with van der Waals surface area (Å²) in [6.45, 7) is 2.67. The Morgan fingerprint density at radius 3 is 2.40 bits per heavy atom. The molecule has 5 nitrogen and oxygen atoms in total. The number of amides is 2. The smallest absolute Gasteiger partial charge is 0.293 e. The van der Waals surface area contributed by atoms with Gasteiger partial charge in [0.1, 0.15) is 6.61 Å². The Morgan fingerprint density at radius 1 is 0.914 bits per heavy atom. The minimum Gasteiger partial charge on any atom is -0.490 e. The molecular weight excluding hydrogens is 529 g/mol. The van der Waals surface area contributed by atoms with Crippen molar-refractivity contribution >= 4 is 63.8 Å². The van der Waals surface area contributed by atoms with Crippen molar-refractivity contribution in [3.63, 3.8) is 0 Å². The lowest BCUT2D eigenvalue weighted by Gasteiger charge is -2.15. The van der Waals surface area contributed by atoms with E-state index in [1.807, 2.05) is 25.1 Å². The number of rotatable bonds is 8. The zero-order valence-electron chi connectivity index (χ0n) is 18.6. The van der Waals surface area contributed by atoms with E-state index < -0.39 is 0 Å². The largest absolute Gasteiger partial charge is 0.490 e. The number of carbonyl (C=O) groups is 2. The molecule has 0 aliphatic carbocycles. The fourth-order valence-corrected chi connectivity index (χ4v) is 4.87. The molecule has 4 rings (SSSR count). The second-order valence-corrected chi connectivity index (χ2v) is 9.85. The second-order valence-electron chi connectivity index (χ2n) is 7.58. The van der Waals surface area contributed by atoms with Crippen LogP contribution < -0.4 is 9.47 Å². The molecule has 0 saturated carbocycles. The molecule has 0 atom stereocenters. The Labute approximate surface area is 222 Å². The average Bonchev–Trinajstić information content (AvgIpc) is 3.07. The Morgan fingerprint density at radius 2 is 1.69 bits per heavy atom. The van der Waals surface area contributed by atoms with Crippen LogP contribution in [-0.4, -0.2) is 22.7 Å². The van der Waals surface area contributed by atoms with E-state index in [0.717, 1.165) is 22.9 Å². The summed E-state index contributed by atoms with van der Waals surface area (Å²) < 4.78 is 11.7. The van der Waals surface area contributed by atoms with Gasteiger partial charge in [-0.15, -0.1) is 0 Å². The fourth-order valence-electron chi connectivity index (χ4n) is 3.42. The summed E-state index contributed by atoms with van der Waals surface area (Å²) in [7, 11) is 0. The van der Waals surface area contributed by atoms with Crippen LogP contribution in [0.4, 0.5) is 4.79 Å². The van der Waals surface area contributed by atoms with Crippen LogP contribution in [0.2, 0.25) is 15.1 Å². The molecule has 0 unspecified atom stereocenters. The topological polar surface area (TPSA) is 55.8 Å². The maximum Gasteiger partial charge on any atom is 0.293 e. The molecule has 3 aromatic rings. The highest BCUT2D eigenvalue weighted by atomic mass is 35.5. The first-order valence-electron chi connectivity index (χ1n) is 10.7. The lowest BCUT2D eigenvalue weighted by Crippen LogP contribution is -2.27. The van der Waals surface area contributed by atoms with Crippen LogP contribution in [0.1, 0.15) is 23.6 Å². The molecule has 0 aromatic heterocycles. The first-order chi connectivity index (χ1) is 16.8. The third-order valence-corrected chi connectivity index (χ3v) is 6.70. The van der Waals surface area contributed by atoms with E-state index >= 15 is 0 Å². The number of imide groups is 1. The van der Waals surface area contributed by atoms with Crippen molar-refractivity contribution in [3.8, 4) is 11.5 Å². The van der Waals surface area contributed by atoms with E-state index in [0.29, 0.717) is 43.6 Å². The van der Waals surface area contributed by atoms with Crippen LogP contribution in [-0.2, 0) is 17.9 Å². The summed E-state index contributed by atoms with van der Waals surface area (Å²) in [6, 6.07) is 17.8. The summed E-state index contributed by atoms with van der Waals surface area (Å²) in [6.07, 6.45) is 1.63. The maximum atomic E-state index is 12.9. The molecule has 2 amide bonds. The van der Waals surface area contributed by atoms with Crippen LogP contribution >= 0.6 is 46.6 Å². The van der Waals surface area contributed by atoms with Gasteiger partial charge in [-0.25, -0.2) is 0 Å². The summed E-state index contributed by atoms with van der Waals surface area (Å²) in [4.78, 5) is 26.9. The molecule has 3 aromatic carbocycles. The van der Waals surface area contributed by atoms with Gasteiger partial charge < -0.3 is 9.47 Å². The number of benzene rings is 3. The molecule has 0 N–H and O–H groups in total. The van der Waals surface area contributed by atoms with Gasteiger partial charge in [-0.05, 0) is 77.9 Å². The van der Waals surface area contributed by atoms with Gasteiger partial charge in [0.25, 0.3) is 11.1 Å². The number of ether oxygens (including phenoxy) is 2. The van der Waals surface area contributed by atoms with E-state index in [-0.39, 0.29) is 24.3 Å². The molecule has 1 fully saturated rings. The number of hydrogen-bond donors (Lipinski definition) is 0. The first kappa shape index (κ1) is 25.5. The standard InChI is InChI=1S/C26H20Cl3NO4S/c1-2-33-22-12-18(11-21(29)24(22)34-15-16-6-8-19(27)9-7-16)13-23-25(31)30(26(32)35-23)14-17-4-3-5-20(28)10-17/h3-13H,2,14-15H2,1H3/b23-13-. The number of hydrogen-bond acceptors (Lipinski definition) is 5. The lowest BCUT2D eigenvalue weighted by atomic mass is 10.1. The van der Waals surface area contributed by atoms with Crippen molar-refractivity contribution in [2.24, 2.45) is 0 Å². The van der Waals surface area contributed by atoms with Gasteiger partial charge in [0.2, 0.25) is 0 Å². The maximum absolute atomic E-state index is 12.9. The van der Waals surface area contributed by atoms with Gasteiger partial charge in [0.05, 0.1) is 23.1 Å². The molecule has 1 aliphatic heterocycles. The summed E-state index contributed by atoms with van der Waals surface area (Å²) in [5.41, 5.74) is 2.31. The van der Waals surface area contributed by atoms with Gasteiger partial charge in [0.15, 0.2) is 11.5 Å². The Balaban J connectivity index is 1.55. The van der Waals surface area contributed by atoms with Crippen molar-refractivity contribution < 1.29 is 19.1 Å². The van der Waals surface area contributed by atoms with Crippen LogP contribution in [0.5, 0.6) is 11.5 Å². The number of halogens is 3. The predicted molar refractivity (Wildman–Crippen MR) is 141 cm³/mol. The molecule has 0 bridgehead atoms. The highest BCUT2D eigenvalue weighted by molar-refractivity contribution is 8.18. The summed E-state index contributed by atoms with van der Waals surface area (Å²) in [5.74, 6) is 0.463. The van der Waals surface area contributed by atoms with Crippen molar-refractivity contribution in [3.05, 3.63) is 97.3 Å². The molecule has 0 spiro atoms. The van der Waals surface area contributed by atoms with E-state index in [2.05, 4.69) is 0 Å². The number of nitrogens with zero attached hydrogens (tertiary/aromatic N) is 1. The Bertz CT molecular complexity index is 1290. The normalized spacial score (nSPS) is 14.6. The third-order valence-electron chi connectivity index (χ3n) is 5.03. The van der Waals surface area contributed by atoms with E-state index in [4.69, 9.17) is 44.3 Å². The molecule has 1 heterocycles. The highest BCUT2D eigenvalue weighted by Crippen LogP contribution is 2.40. The van der Waals surface area contributed by atoms with E-state index in [1.165, 1.54) is 4.90 Å². The van der Waals surface area contributed by atoms with Crippen LogP contribution in [0, 0.1) is 0 Å². The van der Waals surface area contributed by atoms with E-state index in [1.54, 1.807) is 48.5 Å². The zero-order chi connectivity index (χ0) is 24.9. The minimum atomic E-state index is -0.378. The summed E-state index contributed by atoms with van der Waals surface area (Å²) in [5, 5.41) is 1.17. The van der Waals surface area contributed by atoms with Crippen LogP contribution in [0.15, 0.2) is 65.6 Å². The van der Waals surface area contributed by atoms with Crippen molar-refractivity contribution in [2.45, 2.75) is 20.1 Å². The number of carbonyl (C=O) groups excluding carboxylic acids is 2. The monoisotopic (exact) mass is 547 g/mol. The molecular formula is C26H20Cl3NO4S. The van der Waals surface area contributed by atoms with E-state index in [9.17, 15) is 9.59 Å². The van der Waals surface area contributed by atoms with Crippen molar-refractivity contribution in [1.29, 1.82) is 0 Å². The molecule has 9 heteroatoms. The predicted octanol–water partition coefficient (Wildman–Crippen LogP) is 7.86. The van der Waals surface area contributed by atoms with Crippen LogP contribution in [0.25, 0.3) is 6.08 Å². The highest BCUT2D eigenvalue weighted by Gasteiger charge is 2.35. The molecule has 35 heavy (non-hydrogen) atoms. The van der Waals surface area contributed by atoms with Crippen LogP contribution in [0.3, 0.4) is 0 Å². The quantitative estimate of drug-likeness (QED) is 0.268. The second kappa shape index (κ2) is 11.4. The van der Waals surface area contributed by atoms with Gasteiger partial charge in [0, 0.05) is 10.0 Å². The molecule has 1 aliphatic rings. The molecule has 0 radical (unpaired) electrons. The van der Waals surface area contributed by atoms with Crippen molar-refractivity contribution in [2.75, 3.05) is 6.61 Å². The van der Waals surface area contributed by atoms with Crippen molar-refractivity contribution in [1.82, 2.24) is 4.90 Å². The Hall–Kier alpha value is -2.64. The Kier molecular flexibility index (Phi) is 8.29. The van der Waals surface area contributed by atoms with Gasteiger partial charge in [-0.2, -0.15) is 0 Å². The molecule has 1 saturated heterocycles. The first-order valence-corrected chi connectivity index (χ1v) is 12.6. The van der Waals surface area contributed by atoms with Gasteiger partial charge in [-0.1, -0.05) is 59.1 Å². The van der Waals surface area contributed by atoms with Gasteiger partial charge in [-0.3, -0.25) is 14.5 Å². The average molecular weight is 549 g/mol. The fraction of sp³-hybridized carbons (Fsp3) is 0.154.